The Morgan fingerprint density at radius 1 is 1.35 bits per heavy atom. The van der Waals surface area contributed by atoms with Crippen LogP contribution in [0.15, 0.2) is 46.0 Å². The lowest BCUT2D eigenvalue weighted by Gasteiger charge is -2.10. The molecule has 0 radical (unpaired) electrons. The second kappa shape index (κ2) is 5.56. The number of pyridine rings is 1. The van der Waals surface area contributed by atoms with Gasteiger partial charge in [0.2, 0.25) is 0 Å². The Morgan fingerprint density at radius 3 is 2.75 bits per heavy atom. The summed E-state index contributed by atoms with van der Waals surface area (Å²) in [6, 6.07) is 6.41. The van der Waals surface area contributed by atoms with Gasteiger partial charge in [0, 0.05) is 12.4 Å². The highest BCUT2D eigenvalue weighted by atomic mass is 79.9. The standard InChI is InChI=1S/C12H7BrFN3O2S/c13-9-7-16-5-4-11(9)17-20(18,19)12-3-1-2-10(14)8(12)6-15/h1-5,7H,(H,16,17). The molecule has 0 aliphatic carbocycles. The van der Waals surface area contributed by atoms with Crippen molar-refractivity contribution in [1.82, 2.24) is 4.98 Å². The van der Waals surface area contributed by atoms with E-state index in [0.29, 0.717) is 4.47 Å². The van der Waals surface area contributed by atoms with Gasteiger partial charge in [-0.05, 0) is 34.1 Å². The number of aromatic nitrogens is 1. The minimum absolute atomic E-state index is 0.244. The van der Waals surface area contributed by atoms with Crippen molar-refractivity contribution in [2.75, 3.05) is 4.72 Å². The summed E-state index contributed by atoms with van der Waals surface area (Å²) in [5.41, 5.74) is -0.279. The highest BCUT2D eigenvalue weighted by Crippen LogP contribution is 2.25. The molecule has 1 heterocycles. The molecule has 0 bridgehead atoms. The van der Waals surface area contributed by atoms with Crippen molar-refractivity contribution in [2.45, 2.75) is 4.90 Å². The van der Waals surface area contributed by atoms with Crippen molar-refractivity contribution in [1.29, 1.82) is 5.26 Å². The van der Waals surface area contributed by atoms with Crippen LogP contribution in [0.3, 0.4) is 0 Å². The predicted octanol–water partition coefficient (Wildman–Crippen LogP) is 2.66. The number of halogens is 2. The Bertz CT molecular complexity index is 803. The van der Waals surface area contributed by atoms with E-state index in [9.17, 15) is 12.8 Å². The maximum Gasteiger partial charge on any atom is 0.263 e. The SMILES string of the molecule is N#Cc1c(F)cccc1S(=O)(=O)Nc1ccncc1Br. The summed E-state index contributed by atoms with van der Waals surface area (Å²) >= 11 is 3.14. The van der Waals surface area contributed by atoms with Crippen LogP contribution >= 0.6 is 15.9 Å². The van der Waals surface area contributed by atoms with Crippen molar-refractivity contribution < 1.29 is 12.8 Å². The number of sulfonamides is 1. The van der Waals surface area contributed by atoms with E-state index >= 15 is 0 Å². The average molecular weight is 356 g/mol. The highest BCUT2D eigenvalue weighted by molar-refractivity contribution is 9.10. The van der Waals surface area contributed by atoms with E-state index in [-0.39, 0.29) is 5.69 Å². The third kappa shape index (κ3) is 2.79. The second-order valence-electron chi connectivity index (χ2n) is 3.69. The largest absolute Gasteiger partial charge is 0.278 e. The first-order chi connectivity index (χ1) is 9.45. The second-order valence-corrected chi connectivity index (χ2v) is 6.19. The van der Waals surface area contributed by atoms with Crippen LogP contribution in [0.1, 0.15) is 5.56 Å². The lowest BCUT2D eigenvalue weighted by molar-refractivity contribution is 0.593. The quantitative estimate of drug-likeness (QED) is 0.917. The van der Waals surface area contributed by atoms with Crippen molar-refractivity contribution >= 4 is 31.6 Å². The summed E-state index contributed by atoms with van der Waals surface area (Å²) < 4.78 is 40.6. The maximum absolute atomic E-state index is 13.5. The molecule has 2 rings (SSSR count). The van der Waals surface area contributed by atoms with Gasteiger partial charge in [-0.2, -0.15) is 5.26 Å². The summed E-state index contributed by atoms with van der Waals surface area (Å²) in [6.45, 7) is 0. The molecule has 0 atom stereocenters. The number of hydrogen-bond acceptors (Lipinski definition) is 4. The number of nitrogens with one attached hydrogen (secondary N) is 1. The molecule has 8 heteroatoms. The molecule has 0 saturated carbocycles. The lowest BCUT2D eigenvalue weighted by atomic mass is 10.2. The van der Waals surface area contributed by atoms with Crippen LogP contribution in [-0.4, -0.2) is 13.4 Å². The molecule has 102 valence electrons. The Kier molecular flexibility index (Phi) is 4.01. The number of benzene rings is 1. The van der Waals surface area contributed by atoms with Gasteiger partial charge in [0.15, 0.2) is 0 Å². The molecular formula is C12H7BrFN3O2S. The number of rotatable bonds is 3. The Morgan fingerprint density at radius 2 is 2.10 bits per heavy atom. The first kappa shape index (κ1) is 14.4. The molecule has 0 aliphatic rings. The highest BCUT2D eigenvalue weighted by Gasteiger charge is 2.22. The summed E-state index contributed by atoms with van der Waals surface area (Å²) in [5.74, 6) is -0.885. The molecule has 1 aromatic heterocycles. The van der Waals surface area contributed by atoms with Gasteiger partial charge < -0.3 is 0 Å². The summed E-state index contributed by atoms with van der Waals surface area (Å²) in [5, 5.41) is 8.88. The molecule has 0 amide bonds. The Balaban J connectivity index is 2.50. The molecule has 0 saturated heterocycles. The van der Waals surface area contributed by atoms with E-state index in [4.69, 9.17) is 5.26 Å². The molecule has 0 unspecified atom stereocenters. The first-order valence-electron chi connectivity index (χ1n) is 5.26. The molecule has 20 heavy (non-hydrogen) atoms. The van der Waals surface area contributed by atoms with Gasteiger partial charge in [-0.25, -0.2) is 12.8 Å². The van der Waals surface area contributed by atoms with Crippen molar-refractivity contribution in [3.63, 3.8) is 0 Å². The zero-order chi connectivity index (χ0) is 14.8. The fourth-order valence-corrected chi connectivity index (χ4v) is 3.22. The van der Waals surface area contributed by atoms with Crippen LogP contribution in [-0.2, 0) is 10.0 Å². The normalized spacial score (nSPS) is 10.8. The van der Waals surface area contributed by atoms with Gasteiger partial charge in [-0.3, -0.25) is 9.71 Å². The molecule has 1 aromatic carbocycles. The van der Waals surface area contributed by atoms with Gasteiger partial charge in [0.25, 0.3) is 10.0 Å². The lowest BCUT2D eigenvalue weighted by Crippen LogP contribution is -2.15. The number of anilines is 1. The zero-order valence-electron chi connectivity index (χ0n) is 9.84. The molecule has 5 nitrogen and oxygen atoms in total. The third-order valence-electron chi connectivity index (χ3n) is 2.39. The number of hydrogen-bond donors (Lipinski definition) is 1. The molecule has 2 aromatic rings. The molecule has 0 aliphatic heterocycles. The topological polar surface area (TPSA) is 82.8 Å². The van der Waals surface area contributed by atoms with Crippen molar-refractivity contribution in [3.8, 4) is 6.07 Å². The number of nitriles is 1. The minimum Gasteiger partial charge on any atom is -0.278 e. The maximum atomic E-state index is 13.5. The van der Waals surface area contributed by atoms with E-state index < -0.39 is 26.3 Å². The fourth-order valence-electron chi connectivity index (χ4n) is 1.49. The number of nitrogens with zero attached hydrogens (tertiary/aromatic N) is 2. The van der Waals surface area contributed by atoms with Crippen molar-refractivity contribution in [3.05, 3.63) is 52.5 Å². The van der Waals surface area contributed by atoms with Gasteiger partial charge in [0.1, 0.15) is 22.3 Å². The summed E-state index contributed by atoms with van der Waals surface area (Å²) in [7, 11) is -4.07. The molecule has 1 N–H and O–H groups in total. The van der Waals surface area contributed by atoms with Gasteiger partial charge in [0.05, 0.1) is 10.2 Å². The Labute approximate surface area is 123 Å². The van der Waals surface area contributed by atoms with Crippen LogP contribution < -0.4 is 4.72 Å². The van der Waals surface area contributed by atoms with Gasteiger partial charge >= 0.3 is 0 Å². The van der Waals surface area contributed by atoms with E-state index in [0.717, 1.165) is 6.07 Å². The minimum atomic E-state index is -4.07. The monoisotopic (exact) mass is 355 g/mol. The molecule has 0 fully saturated rings. The van der Waals surface area contributed by atoms with Crippen LogP contribution in [0.2, 0.25) is 0 Å². The van der Waals surface area contributed by atoms with E-state index in [1.54, 1.807) is 6.07 Å². The van der Waals surface area contributed by atoms with E-state index in [1.807, 2.05) is 0 Å². The van der Waals surface area contributed by atoms with Crippen LogP contribution in [0.25, 0.3) is 0 Å². The van der Waals surface area contributed by atoms with Gasteiger partial charge in [-0.15, -0.1) is 0 Å². The van der Waals surface area contributed by atoms with E-state index in [2.05, 4.69) is 25.6 Å². The summed E-state index contributed by atoms with van der Waals surface area (Å²) in [4.78, 5) is 3.39. The summed E-state index contributed by atoms with van der Waals surface area (Å²) in [6.07, 6.45) is 2.81. The molecular weight excluding hydrogens is 349 g/mol. The van der Waals surface area contributed by atoms with Crippen molar-refractivity contribution in [2.24, 2.45) is 0 Å². The third-order valence-corrected chi connectivity index (χ3v) is 4.43. The zero-order valence-corrected chi connectivity index (χ0v) is 12.2. The fraction of sp³-hybridized carbons (Fsp3) is 0. The van der Waals surface area contributed by atoms with Crippen LogP contribution in [0, 0.1) is 17.1 Å². The predicted molar refractivity (Wildman–Crippen MR) is 73.9 cm³/mol. The van der Waals surface area contributed by atoms with Crippen LogP contribution in [0.4, 0.5) is 10.1 Å². The molecule has 0 spiro atoms. The smallest absolute Gasteiger partial charge is 0.263 e. The van der Waals surface area contributed by atoms with E-state index in [1.165, 1.54) is 30.6 Å². The Hall–Kier alpha value is -1.98. The average Bonchev–Trinajstić information content (AvgIpc) is 2.41. The van der Waals surface area contributed by atoms with Gasteiger partial charge in [-0.1, -0.05) is 6.07 Å². The first-order valence-corrected chi connectivity index (χ1v) is 7.54. The van der Waals surface area contributed by atoms with Crippen LogP contribution in [0.5, 0.6) is 0 Å².